The smallest absolute Gasteiger partial charge is 0.331 e. The van der Waals surface area contributed by atoms with Crippen LogP contribution in [0.1, 0.15) is 117 Å². The Bertz CT molecular complexity index is 256. The monoisotopic (exact) mass is 372 g/mol. The Balaban J connectivity index is 3.30. The van der Waals surface area contributed by atoms with Crippen molar-refractivity contribution in [2.45, 2.75) is 130 Å². The lowest BCUT2D eigenvalue weighted by atomic mass is 10.1. The van der Waals surface area contributed by atoms with Crippen LogP contribution in [-0.2, 0) is 8.85 Å². The van der Waals surface area contributed by atoms with Crippen molar-refractivity contribution in [1.82, 2.24) is 0 Å². The zero-order valence-electron chi connectivity index (χ0n) is 18.0. The van der Waals surface area contributed by atoms with E-state index in [0.29, 0.717) is 0 Å². The number of unbranched alkanes of at least 4 members (excludes halogenated alkanes) is 14. The molecule has 0 rings (SSSR count). The van der Waals surface area contributed by atoms with Gasteiger partial charge in [-0.05, 0) is 25.9 Å². The first-order valence-corrected chi connectivity index (χ1v) is 14.2. The van der Waals surface area contributed by atoms with Gasteiger partial charge in [0.1, 0.15) is 0 Å². The quantitative estimate of drug-likeness (QED) is 0.159. The van der Waals surface area contributed by atoms with Crippen molar-refractivity contribution in [3.05, 3.63) is 0 Å². The van der Waals surface area contributed by atoms with E-state index in [1.807, 2.05) is 0 Å². The summed E-state index contributed by atoms with van der Waals surface area (Å²) < 4.78 is 12.1. The van der Waals surface area contributed by atoms with Crippen LogP contribution in [0.25, 0.3) is 0 Å². The van der Waals surface area contributed by atoms with E-state index >= 15 is 0 Å². The molecule has 0 radical (unpaired) electrons. The molecule has 2 nitrogen and oxygen atoms in total. The lowest BCUT2D eigenvalue weighted by molar-refractivity contribution is 0.172. The van der Waals surface area contributed by atoms with Crippen molar-refractivity contribution in [2.75, 3.05) is 13.2 Å². The molecule has 25 heavy (non-hydrogen) atoms. The average Bonchev–Trinajstić information content (AvgIpc) is 2.59. The molecule has 0 aliphatic carbocycles. The first-order valence-electron chi connectivity index (χ1n) is 11.4. The Labute approximate surface area is 160 Å². The summed E-state index contributed by atoms with van der Waals surface area (Å²) >= 11 is 0. The summed E-state index contributed by atoms with van der Waals surface area (Å²) in [5, 5.41) is 0. The van der Waals surface area contributed by atoms with E-state index in [4.69, 9.17) is 8.85 Å². The summed E-state index contributed by atoms with van der Waals surface area (Å²) in [6, 6.07) is 0. The number of hydrogen-bond donors (Lipinski definition) is 0. The van der Waals surface area contributed by atoms with Crippen molar-refractivity contribution in [3.63, 3.8) is 0 Å². The number of rotatable bonds is 20. The summed E-state index contributed by atoms with van der Waals surface area (Å²) in [5.41, 5.74) is 0. The molecule has 0 aliphatic rings. The standard InChI is InChI=1S/C22H48O2Si/c1-5-7-9-11-13-14-15-16-18-20-22-24-25(3,4)23-21-19-17-12-10-8-6-2/h5-22H2,1-4H3. The Hall–Kier alpha value is 0.137. The maximum Gasteiger partial charge on any atom is 0.331 e. The second-order valence-electron chi connectivity index (χ2n) is 8.05. The van der Waals surface area contributed by atoms with Crippen LogP contribution in [0.5, 0.6) is 0 Å². The molecule has 0 fully saturated rings. The van der Waals surface area contributed by atoms with E-state index in [0.717, 1.165) is 13.2 Å². The minimum Gasteiger partial charge on any atom is -0.395 e. The molecule has 0 unspecified atom stereocenters. The van der Waals surface area contributed by atoms with E-state index in [2.05, 4.69) is 26.9 Å². The van der Waals surface area contributed by atoms with Crippen LogP contribution in [0.4, 0.5) is 0 Å². The fraction of sp³-hybridized carbons (Fsp3) is 1.00. The molecule has 0 aliphatic heterocycles. The first-order chi connectivity index (χ1) is 12.1. The molecular formula is C22H48O2Si. The van der Waals surface area contributed by atoms with Crippen LogP contribution in [0.2, 0.25) is 13.1 Å². The van der Waals surface area contributed by atoms with E-state index in [1.54, 1.807) is 0 Å². The maximum atomic E-state index is 6.06. The highest BCUT2D eigenvalue weighted by atomic mass is 28.4. The third-order valence-corrected chi connectivity index (χ3v) is 6.69. The maximum absolute atomic E-state index is 6.06. The lowest BCUT2D eigenvalue weighted by Gasteiger charge is -2.23. The van der Waals surface area contributed by atoms with Crippen molar-refractivity contribution in [1.29, 1.82) is 0 Å². The largest absolute Gasteiger partial charge is 0.395 e. The molecule has 152 valence electrons. The Morgan fingerprint density at radius 3 is 1.04 bits per heavy atom. The van der Waals surface area contributed by atoms with Gasteiger partial charge in [0.05, 0.1) is 0 Å². The number of hydrogen-bond acceptors (Lipinski definition) is 2. The second kappa shape index (κ2) is 18.9. The van der Waals surface area contributed by atoms with Gasteiger partial charge >= 0.3 is 8.56 Å². The van der Waals surface area contributed by atoms with Crippen LogP contribution < -0.4 is 0 Å². The molecule has 0 amide bonds. The van der Waals surface area contributed by atoms with Crippen molar-refractivity contribution in [2.24, 2.45) is 0 Å². The summed E-state index contributed by atoms with van der Waals surface area (Å²) in [6.45, 7) is 10.7. The molecule has 3 heteroatoms. The Morgan fingerprint density at radius 2 is 0.720 bits per heavy atom. The van der Waals surface area contributed by atoms with Gasteiger partial charge < -0.3 is 8.85 Å². The van der Waals surface area contributed by atoms with Crippen LogP contribution in [0.3, 0.4) is 0 Å². The van der Waals surface area contributed by atoms with Gasteiger partial charge in [0.25, 0.3) is 0 Å². The van der Waals surface area contributed by atoms with Crippen LogP contribution in [-0.4, -0.2) is 21.8 Å². The fourth-order valence-electron chi connectivity index (χ4n) is 3.15. The van der Waals surface area contributed by atoms with Crippen molar-refractivity contribution < 1.29 is 8.85 Å². The molecule has 0 heterocycles. The molecule has 0 aromatic carbocycles. The third kappa shape index (κ3) is 20.3. The summed E-state index contributed by atoms with van der Waals surface area (Å²) in [5.74, 6) is 0. The van der Waals surface area contributed by atoms with Gasteiger partial charge in [0.15, 0.2) is 0 Å². The van der Waals surface area contributed by atoms with Gasteiger partial charge in [-0.3, -0.25) is 0 Å². The second-order valence-corrected chi connectivity index (χ2v) is 11.4. The molecule has 0 aromatic heterocycles. The molecular weight excluding hydrogens is 324 g/mol. The lowest BCUT2D eigenvalue weighted by Crippen LogP contribution is -2.35. The SMILES string of the molecule is CCCCCCCCCCCCO[Si](C)(C)OCCCCCCCC. The highest BCUT2D eigenvalue weighted by molar-refractivity contribution is 6.64. The van der Waals surface area contributed by atoms with Gasteiger partial charge in [-0.25, -0.2) is 0 Å². The predicted molar refractivity (Wildman–Crippen MR) is 115 cm³/mol. The van der Waals surface area contributed by atoms with Gasteiger partial charge in [0, 0.05) is 13.2 Å². The topological polar surface area (TPSA) is 18.5 Å². The normalized spacial score (nSPS) is 12.0. The predicted octanol–water partition coefficient (Wildman–Crippen LogP) is 8.00. The Morgan fingerprint density at radius 1 is 0.440 bits per heavy atom. The molecule has 0 bridgehead atoms. The molecule has 0 saturated carbocycles. The first kappa shape index (κ1) is 25.1. The van der Waals surface area contributed by atoms with E-state index in [9.17, 15) is 0 Å². The highest BCUT2D eigenvalue weighted by Crippen LogP contribution is 2.13. The van der Waals surface area contributed by atoms with Gasteiger partial charge in [0.2, 0.25) is 0 Å². The van der Waals surface area contributed by atoms with E-state index in [-0.39, 0.29) is 0 Å². The van der Waals surface area contributed by atoms with Crippen LogP contribution in [0, 0.1) is 0 Å². The van der Waals surface area contributed by atoms with Crippen molar-refractivity contribution >= 4 is 8.56 Å². The van der Waals surface area contributed by atoms with Crippen molar-refractivity contribution in [3.8, 4) is 0 Å². The summed E-state index contributed by atoms with van der Waals surface area (Å²) in [4.78, 5) is 0. The van der Waals surface area contributed by atoms with Gasteiger partial charge in [-0.2, -0.15) is 0 Å². The minimum absolute atomic E-state index is 0.892. The minimum atomic E-state index is -1.87. The van der Waals surface area contributed by atoms with Crippen LogP contribution >= 0.6 is 0 Å². The molecule has 0 atom stereocenters. The zero-order valence-corrected chi connectivity index (χ0v) is 19.0. The third-order valence-electron chi connectivity index (χ3n) is 4.90. The van der Waals surface area contributed by atoms with E-state index < -0.39 is 8.56 Å². The molecule has 0 N–H and O–H groups in total. The van der Waals surface area contributed by atoms with Crippen LogP contribution in [0.15, 0.2) is 0 Å². The zero-order chi connectivity index (χ0) is 18.6. The molecule has 0 spiro atoms. The van der Waals surface area contributed by atoms with Gasteiger partial charge in [-0.15, -0.1) is 0 Å². The van der Waals surface area contributed by atoms with Gasteiger partial charge in [-0.1, -0.05) is 104 Å². The molecule has 0 aromatic rings. The molecule has 0 saturated heterocycles. The summed E-state index contributed by atoms with van der Waals surface area (Å²) in [7, 11) is -1.87. The fourth-order valence-corrected chi connectivity index (χ4v) is 4.50. The summed E-state index contributed by atoms with van der Waals surface area (Å²) in [6.07, 6.45) is 21.7. The highest BCUT2D eigenvalue weighted by Gasteiger charge is 2.23. The van der Waals surface area contributed by atoms with E-state index in [1.165, 1.54) is 103 Å². The Kier molecular flexibility index (Phi) is 19.0. The average molecular weight is 373 g/mol.